The molecule has 0 fully saturated rings. The van der Waals surface area contributed by atoms with Crippen LogP contribution in [0.5, 0.6) is 5.75 Å². The highest BCUT2D eigenvalue weighted by atomic mass is 79.9. The second kappa shape index (κ2) is 7.10. The standard InChI is InChI=1S/C18H22BrNO/c1-4-17(20)18(14-6-5-7-15(19)11-14)21-16-9-12(2)8-13(3)10-16/h5-11,17-18H,4,20H2,1-3H3. The number of ether oxygens (including phenoxy) is 1. The SMILES string of the molecule is CCC(N)C(Oc1cc(C)cc(C)c1)c1cccc(Br)c1. The number of hydrogen-bond donors (Lipinski definition) is 1. The smallest absolute Gasteiger partial charge is 0.139 e. The van der Waals surface area contributed by atoms with Gasteiger partial charge in [0.25, 0.3) is 0 Å². The van der Waals surface area contributed by atoms with Crippen LogP contribution in [-0.4, -0.2) is 6.04 Å². The zero-order chi connectivity index (χ0) is 15.4. The summed E-state index contributed by atoms with van der Waals surface area (Å²) in [6.45, 7) is 6.24. The van der Waals surface area contributed by atoms with Crippen LogP contribution in [0.4, 0.5) is 0 Å². The van der Waals surface area contributed by atoms with Gasteiger partial charge >= 0.3 is 0 Å². The Labute approximate surface area is 135 Å². The number of rotatable bonds is 5. The predicted molar refractivity (Wildman–Crippen MR) is 91.7 cm³/mol. The highest BCUT2D eigenvalue weighted by molar-refractivity contribution is 9.10. The molecular weight excluding hydrogens is 326 g/mol. The summed E-state index contributed by atoms with van der Waals surface area (Å²) in [5.41, 5.74) is 9.77. The third-order valence-electron chi connectivity index (χ3n) is 3.50. The molecule has 0 aromatic heterocycles. The molecule has 0 heterocycles. The minimum absolute atomic E-state index is 0.0416. The van der Waals surface area contributed by atoms with E-state index in [0.717, 1.165) is 22.2 Å². The van der Waals surface area contributed by atoms with E-state index >= 15 is 0 Å². The van der Waals surface area contributed by atoms with Crippen molar-refractivity contribution in [3.05, 3.63) is 63.6 Å². The molecule has 3 heteroatoms. The van der Waals surface area contributed by atoms with Crippen LogP contribution >= 0.6 is 15.9 Å². The van der Waals surface area contributed by atoms with E-state index in [2.05, 4.69) is 67.0 Å². The lowest BCUT2D eigenvalue weighted by molar-refractivity contribution is 0.171. The predicted octanol–water partition coefficient (Wildman–Crippen LogP) is 4.92. The maximum absolute atomic E-state index is 6.28. The van der Waals surface area contributed by atoms with Crippen molar-refractivity contribution in [2.24, 2.45) is 5.73 Å². The molecule has 0 aliphatic rings. The van der Waals surface area contributed by atoms with E-state index in [-0.39, 0.29) is 12.1 Å². The zero-order valence-corrected chi connectivity index (χ0v) is 14.4. The molecule has 2 N–H and O–H groups in total. The van der Waals surface area contributed by atoms with Crippen LogP contribution < -0.4 is 10.5 Å². The first-order valence-corrected chi connectivity index (χ1v) is 8.05. The minimum Gasteiger partial charge on any atom is -0.484 e. The lowest BCUT2D eigenvalue weighted by Crippen LogP contribution is -2.31. The first-order valence-electron chi connectivity index (χ1n) is 7.25. The van der Waals surface area contributed by atoms with Gasteiger partial charge in [0.05, 0.1) is 0 Å². The molecule has 0 aliphatic carbocycles. The fourth-order valence-corrected chi connectivity index (χ4v) is 2.86. The van der Waals surface area contributed by atoms with Crippen LogP contribution in [0.2, 0.25) is 0 Å². The third kappa shape index (κ3) is 4.32. The average molecular weight is 348 g/mol. The summed E-state index contributed by atoms with van der Waals surface area (Å²) in [7, 11) is 0. The Balaban J connectivity index is 2.32. The average Bonchev–Trinajstić information content (AvgIpc) is 2.43. The van der Waals surface area contributed by atoms with Crippen LogP contribution in [-0.2, 0) is 0 Å². The van der Waals surface area contributed by atoms with Crippen molar-refractivity contribution in [2.75, 3.05) is 0 Å². The molecule has 0 amide bonds. The second-order valence-electron chi connectivity index (χ2n) is 5.49. The quantitative estimate of drug-likeness (QED) is 0.832. The van der Waals surface area contributed by atoms with Gasteiger partial charge < -0.3 is 10.5 Å². The van der Waals surface area contributed by atoms with Gasteiger partial charge in [-0.1, -0.05) is 41.1 Å². The molecule has 112 valence electrons. The molecule has 0 saturated carbocycles. The Morgan fingerprint density at radius 2 is 1.76 bits per heavy atom. The molecule has 2 nitrogen and oxygen atoms in total. The van der Waals surface area contributed by atoms with E-state index in [4.69, 9.17) is 10.5 Å². The molecule has 0 aliphatic heterocycles. The molecule has 0 saturated heterocycles. The Morgan fingerprint density at radius 3 is 2.33 bits per heavy atom. The minimum atomic E-state index is -0.145. The Morgan fingerprint density at radius 1 is 1.10 bits per heavy atom. The van der Waals surface area contributed by atoms with Crippen molar-refractivity contribution in [2.45, 2.75) is 39.3 Å². The molecule has 0 bridgehead atoms. The van der Waals surface area contributed by atoms with Gasteiger partial charge in [-0.2, -0.15) is 0 Å². The van der Waals surface area contributed by atoms with Gasteiger partial charge in [-0.05, 0) is 61.2 Å². The number of benzene rings is 2. The molecule has 2 aromatic rings. The summed E-state index contributed by atoms with van der Waals surface area (Å²) < 4.78 is 7.26. The molecule has 0 radical (unpaired) electrons. The van der Waals surface area contributed by atoms with Gasteiger partial charge in [-0.3, -0.25) is 0 Å². The van der Waals surface area contributed by atoms with Crippen LogP contribution in [0.25, 0.3) is 0 Å². The van der Waals surface area contributed by atoms with Crippen molar-refractivity contribution < 1.29 is 4.74 Å². The van der Waals surface area contributed by atoms with Crippen LogP contribution in [0.15, 0.2) is 46.9 Å². The lowest BCUT2D eigenvalue weighted by atomic mass is 10.0. The Bertz CT molecular complexity index is 592. The lowest BCUT2D eigenvalue weighted by Gasteiger charge is -2.25. The summed E-state index contributed by atoms with van der Waals surface area (Å²) in [5, 5.41) is 0. The Kier molecular flexibility index (Phi) is 5.43. The highest BCUT2D eigenvalue weighted by Crippen LogP contribution is 2.28. The number of nitrogens with two attached hydrogens (primary N) is 1. The van der Waals surface area contributed by atoms with Gasteiger partial charge in [-0.15, -0.1) is 0 Å². The molecule has 2 unspecified atom stereocenters. The van der Waals surface area contributed by atoms with Crippen LogP contribution in [0.3, 0.4) is 0 Å². The number of aryl methyl sites for hydroxylation is 2. The van der Waals surface area contributed by atoms with E-state index in [1.54, 1.807) is 0 Å². The molecular formula is C18H22BrNO. The highest BCUT2D eigenvalue weighted by Gasteiger charge is 2.21. The number of hydrogen-bond acceptors (Lipinski definition) is 2. The summed E-state index contributed by atoms with van der Waals surface area (Å²) in [5.74, 6) is 0.876. The molecule has 0 spiro atoms. The van der Waals surface area contributed by atoms with Crippen LogP contribution in [0.1, 0.15) is 36.1 Å². The zero-order valence-electron chi connectivity index (χ0n) is 12.8. The maximum Gasteiger partial charge on any atom is 0.139 e. The second-order valence-corrected chi connectivity index (χ2v) is 6.40. The van der Waals surface area contributed by atoms with E-state index in [1.807, 2.05) is 12.1 Å². The van der Waals surface area contributed by atoms with Crippen molar-refractivity contribution in [1.82, 2.24) is 0 Å². The van der Waals surface area contributed by atoms with Crippen LogP contribution in [0, 0.1) is 13.8 Å². The summed E-state index contributed by atoms with van der Waals surface area (Å²) >= 11 is 3.51. The largest absolute Gasteiger partial charge is 0.484 e. The first kappa shape index (κ1) is 16.1. The normalized spacial score (nSPS) is 13.8. The topological polar surface area (TPSA) is 35.2 Å². The van der Waals surface area contributed by atoms with Gasteiger partial charge in [-0.25, -0.2) is 0 Å². The molecule has 2 rings (SSSR count). The van der Waals surface area contributed by atoms with E-state index in [0.29, 0.717) is 0 Å². The monoisotopic (exact) mass is 347 g/mol. The van der Waals surface area contributed by atoms with E-state index in [9.17, 15) is 0 Å². The van der Waals surface area contributed by atoms with E-state index < -0.39 is 0 Å². The Hall–Kier alpha value is -1.32. The van der Waals surface area contributed by atoms with Gasteiger partial charge in [0, 0.05) is 10.5 Å². The van der Waals surface area contributed by atoms with Gasteiger partial charge in [0.1, 0.15) is 11.9 Å². The summed E-state index contributed by atoms with van der Waals surface area (Å²) in [4.78, 5) is 0. The molecule has 2 atom stereocenters. The molecule has 21 heavy (non-hydrogen) atoms. The third-order valence-corrected chi connectivity index (χ3v) is 3.99. The van der Waals surface area contributed by atoms with Crippen molar-refractivity contribution >= 4 is 15.9 Å². The fraction of sp³-hybridized carbons (Fsp3) is 0.333. The number of halogens is 1. The maximum atomic E-state index is 6.28. The van der Waals surface area contributed by atoms with Gasteiger partial charge in [0.15, 0.2) is 0 Å². The summed E-state index contributed by atoms with van der Waals surface area (Å²) in [6, 6.07) is 14.4. The van der Waals surface area contributed by atoms with Gasteiger partial charge in [0.2, 0.25) is 0 Å². The fourth-order valence-electron chi connectivity index (χ4n) is 2.45. The summed E-state index contributed by atoms with van der Waals surface area (Å²) in [6.07, 6.45) is 0.718. The molecule has 2 aromatic carbocycles. The van der Waals surface area contributed by atoms with Crippen molar-refractivity contribution in [1.29, 1.82) is 0 Å². The van der Waals surface area contributed by atoms with Crippen molar-refractivity contribution in [3.8, 4) is 5.75 Å². The van der Waals surface area contributed by atoms with E-state index in [1.165, 1.54) is 11.1 Å². The van der Waals surface area contributed by atoms with Crippen molar-refractivity contribution in [3.63, 3.8) is 0 Å². The first-order chi connectivity index (χ1) is 9.99.